The first-order valence-electron chi connectivity index (χ1n) is 7.57. The summed E-state index contributed by atoms with van der Waals surface area (Å²) >= 11 is 0. The third-order valence-corrected chi connectivity index (χ3v) is 3.86. The molecule has 7 nitrogen and oxygen atoms in total. The van der Waals surface area contributed by atoms with Crippen LogP contribution >= 0.6 is 0 Å². The van der Waals surface area contributed by atoms with E-state index in [0.29, 0.717) is 24.5 Å². The maximum absolute atomic E-state index is 9.06. The monoisotopic (exact) mass is 313 g/mol. The highest BCUT2D eigenvalue weighted by Crippen LogP contribution is 2.20. The summed E-state index contributed by atoms with van der Waals surface area (Å²) < 4.78 is 13.4. The fourth-order valence-corrected chi connectivity index (χ4v) is 2.62. The van der Waals surface area contributed by atoms with E-state index in [1.165, 1.54) is 0 Å². The summed E-state index contributed by atoms with van der Waals surface area (Å²) in [5.74, 6) is 1.47. The highest BCUT2D eigenvalue weighted by molar-refractivity contribution is 5.42. The number of rotatable bonds is 5. The zero-order chi connectivity index (χ0) is 16.1. The quantitative estimate of drug-likeness (QED) is 0.824. The number of para-hydroxylation sites is 1. The average Bonchev–Trinajstić information content (AvgIpc) is 3.02. The zero-order valence-electron chi connectivity index (χ0n) is 13.1. The molecular formula is C16H19N5O2. The molecule has 2 aromatic rings. The Kier molecular flexibility index (Phi) is 4.86. The Morgan fingerprint density at radius 2 is 2.30 bits per heavy atom. The first-order valence-corrected chi connectivity index (χ1v) is 7.57. The molecule has 0 radical (unpaired) electrons. The molecule has 0 aliphatic carbocycles. The Morgan fingerprint density at radius 1 is 1.43 bits per heavy atom. The first-order chi connectivity index (χ1) is 11.3. The van der Waals surface area contributed by atoms with Crippen LogP contribution in [0.15, 0.2) is 30.6 Å². The van der Waals surface area contributed by atoms with Crippen LogP contribution in [0, 0.1) is 11.3 Å². The van der Waals surface area contributed by atoms with Gasteiger partial charge in [-0.3, -0.25) is 4.90 Å². The predicted octanol–water partition coefficient (Wildman–Crippen LogP) is 1.14. The smallest absolute Gasteiger partial charge is 0.163 e. The van der Waals surface area contributed by atoms with Gasteiger partial charge in [-0.15, -0.1) is 10.2 Å². The maximum Gasteiger partial charge on any atom is 0.163 e. The number of hydrogen-bond donors (Lipinski definition) is 0. The minimum Gasteiger partial charge on any atom is -0.491 e. The lowest BCUT2D eigenvalue weighted by Crippen LogP contribution is -2.41. The molecule has 2 heterocycles. The van der Waals surface area contributed by atoms with Crippen LogP contribution in [-0.2, 0) is 11.8 Å². The molecule has 1 aliphatic rings. The summed E-state index contributed by atoms with van der Waals surface area (Å²) in [6, 6.07) is 9.42. The van der Waals surface area contributed by atoms with Crippen LogP contribution < -0.4 is 4.74 Å². The Morgan fingerprint density at radius 3 is 3.09 bits per heavy atom. The van der Waals surface area contributed by atoms with E-state index in [-0.39, 0.29) is 6.10 Å². The van der Waals surface area contributed by atoms with Crippen LogP contribution in [0.5, 0.6) is 5.75 Å². The summed E-state index contributed by atoms with van der Waals surface area (Å²) in [5.41, 5.74) is 0.562. The third kappa shape index (κ3) is 3.67. The SMILES string of the molecule is Cn1cnnc1C1CN(CCOc2ccccc2C#N)CCO1. The van der Waals surface area contributed by atoms with Crippen molar-refractivity contribution >= 4 is 0 Å². The van der Waals surface area contributed by atoms with Crippen LogP contribution in [-0.4, -0.2) is 52.5 Å². The molecule has 1 aromatic heterocycles. The van der Waals surface area contributed by atoms with Gasteiger partial charge in [0.05, 0.1) is 12.2 Å². The molecule has 1 fully saturated rings. The van der Waals surface area contributed by atoms with Crippen LogP contribution in [0.4, 0.5) is 0 Å². The molecule has 1 saturated heterocycles. The second-order valence-corrected chi connectivity index (χ2v) is 5.42. The van der Waals surface area contributed by atoms with Crippen LogP contribution in [0.3, 0.4) is 0 Å². The van der Waals surface area contributed by atoms with Gasteiger partial charge in [0.1, 0.15) is 30.9 Å². The molecule has 1 aromatic carbocycles. The van der Waals surface area contributed by atoms with Crippen LogP contribution in [0.25, 0.3) is 0 Å². The highest BCUT2D eigenvalue weighted by Gasteiger charge is 2.25. The Balaban J connectivity index is 1.53. The molecule has 23 heavy (non-hydrogen) atoms. The molecule has 0 bridgehead atoms. The minimum absolute atomic E-state index is 0.0670. The van der Waals surface area contributed by atoms with Crippen molar-refractivity contribution in [2.75, 3.05) is 32.8 Å². The Bertz CT molecular complexity index is 694. The van der Waals surface area contributed by atoms with Gasteiger partial charge in [0.25, 0.3) is 0 Å². The molecule has 0 spiro atoms. The highest BCUT2D eigenvalue weighted by atomic mass is 16.5. The van der Waals surface area contributed by atoms with Crippen LogP contribution in [0.1, 0.15) is 17.5 Å². The van der Waals surface area contributed by atoms with Gasteiger partial charge in [0, 0.05) is 26.7 Å². The van der Waals surface area contributed by atoms with Crippen molar-refractivity contribution < 1.29 is 9.47 Å². The van der Waals surface area contributed by atoms with E-state index in [4.69, 9.17) is 14.7 Å². The number of morpholine rings is 1. The standard InChI is InChI=1S/C16H19N5O2/c1-20-12-18-19-16(20)15-11-21(7-9-23-15)6-8-22-14-5-3-2-4-13(14)10-17/h2-5,12,15H,6-9,11H2,1H3. The number of aromatic nitrogens is 3. The topological polar surface area (TPSA) is 76.2 Å². The second kappa shape index (κ2) is 7.22. The van der Waals surface area contributed by atoms with E-state index in [1.54, 1.807) is 12.4 Å². The first kappa shape index (κ1) is 15.5. The van der Waals surface area contributed by atoms with E-state index in [1.807, 2.05) is 29.8 Å². The lowest BCUT2D eigenvalue weighted by atomic mass is 10.2. The van der Waals surface area contributed by atoms with Crippen molar-refractivity contribution in [3.05, 3.63) is 42.0 Å². The predicted molar refractivity (Wildman–Crippen MR) is 82.8 cm³/mol. The van der Waals surface area contributed by atoms with Crippen LogP contribution in [0.2, 0.25) is 0 Å². The fraction of sp³-hybridized carbons (Fsp3) is 0.438. The van der Waals surface area contributed by atoms with E-state index >= 15 is 0 Å². The van der Waals surface area contributed by atoms with Crippen molar-refractivity contribution in [2.24, 2.45) is 7.05 Å². The van der Waals surface area contributed by atoms with Gasteiger partial charge in [-0.05, 0) is 12.1 Å². The third-order valence-electron chi connectivity index (χ3n) is 3.86. The molecule has 120 valence electrons. The van der Waals surface area contributed by atoms with Gasteiger partial charge < -0.3 is 14.0 Å². The van der Waals surface area contributed by atoms with Gasteiger partial charge in [0.2, 0.25) is 0 Å². The molecular weight excluding hydrogens is 294 g/mol. The normalized spacial score (nSPS) is 18.5. The lowest BCUT2D eigenvalue weighted by Gasteiger charge is -2.32. The Hall–Kier alpha value is -2.43. The largest absolute Gasteiger partial charge is 0.491 e. The number of hydrogen-bond acceptors (Lipinski definition) is 6. The fourth-order valence-electron chi connectivity index (χ4n) is 2.62. The van der Waals surface area contributed by atoms with Crippen molar-refractivity contribution in [3.8, 4) is 11.8 Å². The molecule has 7 heteroatoms. The lowest BCUT2D eigenvalue weighted by molar-refractivity contribution is -0.0384. The number of nitriles is 1. The second-order valence-electron chi connectivity index (χ2n) is 5.42. The van der Waals surface area contributed by atoms with Gasteiger partial charge in [-0.2, -0.15) is 5.26 Å². The summed E-state index contributed by atoms with van der Waals surface area (Å²) in [6.45, 7) is 3.58. The van der Waals surface area contributed by atoms with Crippen molar-refractivity contribution in [1.29, 1.82) is 5.26 Å². The van der Waals surface area contributed by atoms with Gasteiger partial charge in [-0.25, -0.2) is 0 Å². The number of benzene rings is 1. The van der Waals surface area contributed by atoms with Crippen molar-refractivity contribution in [3.63, 3.8) is 0 Å². The number of nitrogens with zero attached hydrogens (tertiary/aromatic N) is 5. The molecule has 1 unspecified atom stereocenters. The van der Waals surface area contributed by atoms with Crippen molar-refractivity contribution in [2.45, 2.75) is 6.10 Å². The molecule has 1 aliphatic heterocycles. The minimum atomic E-state index is -0.0670. The van der Waals surface area contributed by atoms with Crippen molar-refractivity contribution in [1.82, 2.24) is 19.7 Å². The van der Waals surface area contributed by atoms with Gasteiger partial charge in [0.15, 0.2) is 5.82 Å². The summed E-state index contributed by atoms with van der Waals surface area (Å²) in [7, 11) is 1.92. The Labute approximate surface area is 135 Å². The van der Waals surface area contributed by atoms with Gasteiger partial charge in [-0.1, -0.05) is 12.1 Å². The summed E-state index contributed by atoms with van der Waals surface area (Å²) in [5, 5.41) is 17.1. The number of aryl methyl sites for hydroxylation is 1. The van der Waals surface area contributed by atoms with E-state index in [2.05, 4.69) is 21.2 Å². The van der Waals surface area contributed by atoms with E-state index in [0.717, 1.165) is 25.5 Å². The summed E-state index contributed by atoms with van der Waals surface area (Å²) in [4.78, 5) is 2.28. The molecule has 3 rings (SSSR count). The van der Waals surface area contributed by atoms with Gasteiger partial charge >= 0.3 is 0 Å². The maximum atomic E-state index is 9.06. The van der Waals surface area contributed by atoms with E-state index in [9.17, 15) is 0 Å². The zero-order valence-corrected chi connectivity index (χ0v) is 13.1. The molecule has 0 saturated carbocycles. The molecule has 0 N–H and O–H groups in total. The average molecular weight is 313 g/mol. The molecule has 1 atom stereocenters. The molecule has 0 amide bonds. The summed E-state index contributed by atoms with van der Waals surface area (Å²) in [6.07, 6.45) is 1.61. The number of ether oxygens (including phenoxy) is 2. The van der Waals surface area contributed by atoms with E-state index < -0.39 is 0 Å².